The van der Waals surface area contributed by atoms with Crippen molar-refractivity contribution in [1.29, 1.82) is 0 Å². The minimum atomic E-state index is -3.46. The van der Waals surface area contributed by atoms with Crippen LogP contribution >= 0.6 is 12.2 Å². The van der Waals surface area contributed by atoms with Crippen LogP contribution in [0, 0.1) is 4.77 Å². The molecule has 0 unspecified atom stereocenters. The number of ether oxygens (including phenoxy) is 1. The van der Waals surface area contributed by atoms with Gasteiger partial charge >= 0.3 is 0 Å². The zero-order valence-electron chi connectivity index (χ0n) is 16.1. The molecule has 9 nitrogen and oxygen atoms in total. The third-order valence-corrected chi connectivity index (χ3v) is 7.57. The standard InChI is InChI=1S/C17H26N6O3S2/c1-14-11-21(12-15(2)26-14)28(24,25)20-9-7-19(8-10-20)13-23-17(27)22-6-4-3-5-16(22)18-23/h3-6,14-15H,7-13H2,1-2H3/t14-,15-/m1/s1. The number of nitrogens with zero attached hydrogens (tertiary/aromatic N) is 6. The van der Waals surface area contributed by atoms with Gasteiger partial charge in [0.05, 0.1) is 18.9 Å². The maximum Gasteiger partial charge on any atom is 0.282 e. The molecule has 2 aromatic rings. The van der Waals surface area contributed by atoms with Gasteiger partial charge in [-0.1, -0.05) is 6.07 Å². The molecule has 4 heterocycles. The molecule has 0 spiro atoms. The van der Waals surface area contributed by atoms with Crippen LogP contribution in [0.1, 0.15) is 13.8 Å². The van der Waals surface area contributed by atoms with Gasteiger partial charge in [0, 0.05) is 45.5 Å². The summed E-state index contributed by atoms with van der Waals surface area (Å²) in [5, 5.41) is 4.54. The SMILES string of the molecule is C[C@@H]1CN(S(=O)(=O)N2CCN(Cn3nc4ccccn4c3=S)CC2)C[C@@H](C)O1. The molecular formula is C17H26N6O3S2. The Hall–Kier alpha value is -1.37. The van der Waals surface area contributed by atoms with Crippen molar-refractivity contribution in [3.63, 3.8) is 0 Å². The first-order valence-electron chi connectivity index (χ1n) is 9.52. The van der Waals surface area contributed by atoms with Crippen molar-refractivity contribution in [2.45, 2.75) is 32.7 Å². The summed E-state index contributed by atoms with van der Waals surface area (Å²) in [5.74, 6) is 0. The Kier molecular flexibility index (Phi) is 5.55. The lowest BCUT2D eigenvalue weighted by Gasteiger charge is -2.40. The monoisotopic (exact) mass is 426 g/mol. The first kappa shape index (κ1) is 19.9. The van der Waals surface area contributed by atoms with E-state index in [9.17, 15) is 8.42 Å². The summed E-state index contributed by atoms with van der Waals surface area (Å²) in [7, 11) is -3.46. The van der Waals surface area contributed by atoms with E-state index in [0.29, 0.717) is 50.7 Å². The van der Waals surface area contributed by atoms with Crippen molar-refractivity contribution in [1.82, 2.24) is 27.7 Å². The average Bonchev–Trinajstić information content (AvgIpc) is 2.97. The van der Waals surface area contributed by atoms with Crippen LogP contribution in [0.3, 0.4) is 0 Å². The second-order valence-electron chi connectivity index (χ2n) is 7.45. The molecule has 28 heavy (non-hydrogen) atoms. The number of pyridine rings is 1. The number of piperazine rings is 1. The first-order chi connectivity index (χ1) is 13.3. The van der Waals surface area contributed by atoms with Gasteiger partial charge in [0.15, 0.2) is 5.65 Å². The maximum atomic E-state index is 13.0. The fraction of sp³-hybridized carbons (Fsp3) is 0.647. The molecule has 0 aromatic carbocycles. The minimum absolute atomic E-state index is 0.0864. The summed E-state index contributed by atoms with van der Waals surface area (Å²) in [6, 6.07) is 5.77. The Bertz CT molecular complexity index is 986. The number of rotatable bonds is 4. The molecule has 2 aromatic heterocycles. The Morgan fingerprint density at radius 2 is 1.79 bits per heavy atom. The molecule has 154 valence electrons. The van der Waals surface area contributed by atoms with Crippen LogP contribution in [0.15, 0.2) is 24.4 Å². The highest BCUT2D eigenvalue weighted by Gasteiger charge is 2.36. The van der Waals surface area contributed by atoms with E-state index in [4.69, 9.17) is 17.0 Å². The highest BCUT2D eigenvalue weighted by Crippen LogP contribution is 2.19. The molecule has 0 aliphatic carbocycles. The first-order valence-corrected chi connectivity index (χ1v) is 11.3. The van der Waals surface area contributed by atoms with Crippen molar-refractivity contribution in [2.75, 3.05) is 39.3 Å². The van der Waals surface area contributed by atoms with Gasteiger partial charge in [-0.05, 0) is 38.2 Å². The summed E-state index contributed by atoms with van der Waals surface area (Å²) in [5.41, 5.74) is 0.810. The third kappa shape index (κ3) is 3.87. The van der Waals surface area contributed by atoms with Crippen LogP contribution in [0.2, 0.25) is 0 Å². The molecule has 2 aliphatic rings. The molecule has 11 heteroatoms. The molecule has 2 saturated heterocycles. The van der Waals surface area contributed by atoms with Crippen molar-refractivity contribution < 1.29 is 13.2 Å². The van der Waals surface area contributed by atoms with Crippen molar-refractivity contribution in [3.05, 3.63) is 29.2 Å². The van der Waals surface area contributed by atoms with Crippen molar-refractivity contribution >= 4 is 28.1 Å². The summed E-state index contributed by atoms with van der Waals surface area (Å²) < 4.78 is 39.1. The highest BCUT2D eigenvalue weighted by atomic mass is 32.2. The molecule has 2 atom stereocenters. The van der Waals surface area contributed by atoms with Gasteiger partial charge in [-0.3, -0.25) is 9.30 Å². The molecule has 0 radical (unpaired) electrons. The van der Waals surface area contributed by atoms with Crippen LogP contribution in [0.4, 0.5) is 0 Å². The predicted octanol–water partition coefficient (Wildman–Crippen LogP) is 0.794. The summed E-state index contributed by atoms with van der Waals surface area (Å²) in [6.45, 7) is 7.40. The zero-order chi connectivity index (χ0) is 19.9. The molecule has 2 aliphatic heterocycles. The lowest BCUT2D eigenvalue weighted by Crippen LogP contribution is -2.57. The number of hydrogen-bond acceptors (Lipinski definition) is 6. The third-order valence-electron chi connectivity index (χ3n) is 5.19. The number of hydrogen-bond donors (Lipinski definition) is 0. The lowest BCUT2D eigenvalue weighted by molar-refractivity contribution is -0.0458. The number of morpholine rings is 1. The van der Waals surface area contributed by atoms with E-state index in [0.717, 1.165) is 5.65 Å². The summed E-state index contributed by atoms with van der Waals surface area (Å²) >= 11 is 5.50. The fourth-order valence-corrected chi connectivity index (χ4v) is 5.83. The molecular weight excluding hydrogens is 400 g/mol. The molecule has 0 amide bonds. The Morgan fingerprint density at radius 3 is 2.43 bits per heavy atom. The molecule has 0 N–H and O–H groups in total. The van der Waals surface area contributed by atoms with Gasteiger partial charge in [0.25, 0.3) is 10.2 Å². The molecule has 0 saturated carbocycles. The van der Waals surface area contributed by atoms with Gasteiger partial charge in [0.1, 0.15) is 0 Å². The van der Waals surface area contributed by atoms with Crippen LogP contribution in [0.5, 0.6) is 0 Å². The topological polar surface area (TPSA) is 75.3 Å². The minimum Gasteiger partial charge on any atom is -0.373 e. The largest absolute Gasteiger partial charge is 0.373 e. The van der Waals surface area contributed by atoms with Crippen molar-refractivity contribution in [3.8, 4) is 0 Å². The van der Waals surface area contributed by atoms with Crippen molar-refractivity contribution in [2.24, 2.45) is 0 Å². The predicted molar refractivity (Wildman–Crippen MR) is 108 cm³/mol. The van der Waals surface area contributed by atoms with Crippen LogP contribution in [-0.4, -0.2) is 87.6 Å². The second kappa shape index (κ2) is 7.81. The number of aromatic nitrogens is 3. The van der Waals surface area contributed by atoms with E-state index in [-0.39, 0.29) is 12.2 Å². The molecule has 2 fully saturated rings. The zero-order valence-corrected chi connectivity index (χ0v) is 17.8. The quantitative estimate of drug-likeness (QED) is 0.673. The van der Waals surface area contributed by atoms with E-state index in [1.54, 1.807) is 13.3 Å². The highest BCUT2D eigenvalue weighted by molar-refractivity contribution is 7.86. The van der Waals surface area contributed by atoms with Crippen LogP contribution in [0.25, 0.3) is 5.65 Å². The summed E-state index contributed by atoms with van der Waals surface area (Å²) in [4.78, 5) is 2.18. The second-order valence-corrected chi connectivity index (χ2v) is 9.75. The van der Waals surface area contributed by atoms with Gasteiger partial charge in [-0.15, -0.1) is 0 Å². The molecule has 0 bridgehead atoms. The normalized spacial score (nSPS) is 26.1. The van der Waals surface area contributed by atoms with E-state index >= 15 is 0 Å². The maximum absolute atomic E-state index is 13.0. The van der Waals surface area contributed by atoms with E-state index < -0.39 is 10.2 Å². The Labute approximate surface area is 170 Å². The molecule has 4 rings (SSSR count). The van der Waals surface area contributed by atoms with Gasteiger partial charge in [0.2, 0.25) is 4.77 Å². The van der Waals surface area contributed by atoms with E-state index in [1.165, 1.54) is 0 Å². The smallest absolute Gasteiger partial charge is 0.282 e. The summed E-state index contributed by atoms with van der Waals surface area (Å²) in [6.07, 6.45) is 1.73. The van der Waals surface area contributed by atoms with Gasteiger partial charge in [-0.2, -0.15) is 22.1 Å². The van der Waals surface area contributed by atoms with Gasteiger partial charge < -0.3 is 4.74 Å². The Morgan fingerprint density at radius 1 is 1.11 bits per heavy atom. The van der Waals surface area contributed by atoms with E-state index in [1.807, 2.05) is 42.6 Å². The van der Waals surface area contributed by atoms with Crippen LogP contribution < -0.4 is 0 Å². The van der Waals surface area contributed by atoms with E-state index in [2.05, 4.69) is 10.00 Å². The Balaban J connectivity index is 1.40. The van der Waals surface area contributed by atoms with Gasteiger partial charge in [-0.25, -0.2) is 4.68 Å². The van der Waals surface area contributed by atoms with Crippen LogP contribution in [-0.2, 0) is 21.6 Å². The average molecular weight is 427 g/mol. The number of fused-ring (bicyclic) bond motifs is 1. The lowest BCUT2D eigenvalue weighted by atomic mass is 10.3. The fourth-order valence-electron chi connectivity index (χ4n) is 3.83.